The highest BCUT2D eigenvalue weighted by atomic mass is 35.5. The summed E-state index contributed by atoms with van der Waals surface area (Å²) in [7, 11) is -2.28. The summed E-state index contributed by atoms with van der Waals surface area (Å²) < 4.78 is 67.9. The van der Waals surface area contributed by atoms with E-state index in [-0.39, 0.29) is 33.8 Å². The van der Waals surface area contributed by atoms with Crippen LogP contribution in [0.5, 0.6) is 0 Å². The second-order valence-corrected chi connectivity index (χ2v) is 9.26. The molecule has 0 amide bonds. The van der Waals surface area contributed by atoms with E-state index in [1.807, 2.05) is 0 Å². The first-order valence-corrected chi connectivity index (χ1v) is 11.4. The fourth-order valence-corrected chi connectivity index (χ4v) is 4.89. The van der Waals surface area contributed by atoms with Crippen LogP contribution in [-0.4, -0.2) is 29.4 Å². The molecule has 3 heterocycles. The van der Waals surface area contributed by atoms with Crippen LogP contribution in [-0.2, 0) is 22.7 Å². The minimum atomic E-state index is -4.73. The van der Waals surface area contributed by atoms with Gasteiger partial charge < -0.3 is 10.6 Å². The lowest BCUT2D eigenvalue weighted by Crippen LogP contribution is -2.13. The van der Waals surface area contributed by atoms with Crippen LogP contribution < -0.4 is 10.6 Å². The average molecular weight is 532 g/mol. The Morgan fingerprint density at radius 1 is 1.15 bits per heavy atom. The second-order valence-electron chi connectivity index (χ2n) is 7.06. The summed E-state index contributed by atoms with van der Waals surface area (Å²) in [4.78, 5) is 7.24. The summed E-state index contributed by atoms with van der Waals surface area (Å²) >= 11 is 5.65. The zero-order chi connectivity index (χ0) is 23.8. The number of hydrogen-bond donors (Lipinski definition) is 2. The summed E-state index contributed by atoms with van der Waals surface area (Å²) in [6.07, 6.45) is -0.560. The third-order valence-corrected chi connectivity index (χ3v) is 6.69. The molecule has 0 bridgehead atoms. The van der Waals surface area contributed by atoms with Crippen LogP contribution in [0.4, 0.5) is 24.5 Å². The van der Waals surface area contributed by atoms with Crippen LogP contribution >= 0.6 is 24.0 Å². The van der Waals surface area contributed by atoms with Gasteiger partial charge >= 0.3 is 6.18 Å². The van der Waals surface area contributed by atoms with Crippen molar-refractivity contribution in [1.82, 2.24) is 19.3 Å². The number of benzene rings is 1. The predicted molar refractivity (Wildman–Crippen MR) is 126 cm³/mol. The first-order valence-electron chi connectivity index (χ1n) is 9.56. The van der Waals surface area contributed by atoms with E-state index in [0.29, 0.717) is 23.0 Å². The van der Waals surface area contributed by atoms with Gasteiger partial charge in [-0.15, -0.1) is 12.4 Å². The molecule has 0 saturated carbocycles. The Kier molecular flexibility index (Phi) is 7.41. The van der Waals surface area contributed by atoms with Gasteiger partial charge in [-0.2, -0.15) is 13.2 Å². The number of fused-ring (bicyclic) bond motifs is 1. The van der Waals surface area contributed by atoms with Crippen molar-refractivity contribution in [3.05, 3.63) is 77.5 Å². The van der Waals surface area contributed by atoms with Crippen molar-refractivity contribution >= 4 is 56.3 Å². The molecule has 34 heavy (non-hydrogen) atoms. The molecule has 0 atom stereocenters. The van der Waals surface area contributed by atoms with Gasteiger partial charge in [0.1, 0.15) is 10.0 Å². The first kappa shape index (κ1) is 25.8. The van der Waals surface area contributed by atoms with Gasteiger partial charge in [-0.25, -0.2) is 17.4 Å². The summed E-state index contributed by atoms with van der Waals surface area (Å²) in [5.41, 5.74) is -0.242. The highest BCUT2D eigenvalue weighted by Gasteiger charge is 2.36. The molecule has 2 N–H and O–H groups in total. The van der Waals surface area contributed by atoms with Gasteiger partial charge in [-0.05, 0) is 49.0 Å². The predicted octanol–water partition coefficient (Wildman–Crippen LogP) is 5.23. The molecule has 0 radical (unpaired) electrons. The largest absolute Gasteiger partial charge is 0.435 e. The number of nitrogens with zero attached hydrogens (tertiary/aromatic N) is 3. The van der Waals surface area contributed by atoms with Gasteiger partial charge in [-0.1, -0.05) is 17.7 Å². The zero-order valence-electron chi connectivity index (χ0n) is 17.5. The van der Waals surface area contributed by atoms with Crippen molar-refractivity contribution in [2.75, 3.05) is 12.4 Å². The van der Waals surface area contributed by atoms with Crippen molar-refractivity contribution < 1.29 is 21.6 Å². The maximum atomic E-state index is 13.4. The molecule has 7 nitrogen and oxygen atoms in total. The molecule has 0 fully saturated rings. The van der Waals surface area contributed by atoms with E-state index in [9.17, 15) is 21.6 Å². The van der Waals surface area contributed by atoms with Crippen LogP contribution in [0.15, 0.2) is 66.0 Å². The molecule has 13 heteroatoms. The van der Waals surface area contributed by atoms with Crippen molar-refractivity contribution in [3.63, 3.8) is 0 Å². The highest BCUT2D eigenvalue weighted by Crippen LogP contribution is 2.36. The van der Waals surface area contributed by atoms with Gasteiger partial charge in [0.15, 0.2) is 5.69 Å². The van der Waals surface area contributed by atoms with Crippen LogP contribution in [0.25, 0.3) is 10.9 Å². The normalized spacial score (nSPS) is 11.9. The Morgan fingerprint density at radius 3 is 2.56 bits per heavy atom. The lowest BCUT2D eigenvalue weighted by atomic mass is 10.1. The molecule has 0 unspecified atom stereocenters. The Morgan fingerprint density at radius 2 is 1.91 bits per heavy atom. The highest BCUT2D eigenvalue weighted by molar-refractivity contribution is 7.90. The van der Waals surface area contributed by atoms with E-state index < -0.39 is 21.9 Å². The smallest absolute Gasteiger partial charge is 0.354 e. The Hall–Kier alpha value is -2.86. The fraction of sp³-hybridized carbons (Fsp3) is 0.143. The van der Waals surface area contributed by atoms with E-state index >= 15 is 0 Å². The SMILES string of the molecule is CNCc1cn(S(=O)(=O)c2cccnc2)c2cc(Nc3ccc(Cl)nc3C(F)(F)F)ccc12.Cl. The van der Waals surface area contributed by atoms with E-state index in [2.05, 4.69) is 20.6 Å². The number of anilines is 2. The molecule has 0 spiro atoms. The molecule has 0 aliphatic rings. The number of rotatable bonds is 6. The molecule has 0 aliphatic carbocycles. The zero-order valence-corrected chi connectivity index (χ0v) is 19.9. The number of aromatic nitrogens is 3. The molecule has 0 aliphatic heterocycles. The third-order valence-electron chi connectivity index (χ3n) is 4.82. The van der Waals surface area contributed by atoms with Crippen LogP contribution in [0.2, 0.25) is 5.15 Å². The van der Waals surface area contributed by atoms with Gasteiger partial charge in [-0.3, -0.25) is 4.98 Å². The van der Waals surface area contributed by atoms with Crippen molar-refractivity contribution in [2.45, 2.75) is 17.6 Å². The van der Waals surface area contributed by atoms with E-state index in [0.717, 1.165) is 3.97 Å². The topological polar surface area (TPSA) is 88.9 Å². The standard InChI is InChI=1S/C21H17ClF3N5O2S.ClH/c1-26-10-13-12-30(33(31,32)15-3-2-8-27-11-15)18-9-14(4-5-16(13)18)28-17-6-7-19(22)29-20(17)21(23,24)25;/h2-9,11-12,26,28H,10H2,1H3;1H. The molecule has 4 rings (SSSR count). The minimum Gasteiger partial charge on any atom is -0.354 e. The quantitative estimate of drug-likeness (QED) is 0.331. The fourth-order valence-electron chi connectivity index (χ4n) is 3.40. The lowest BCUT2D eigenvalue weighted by Gasteiger charge is -2.14. The van der Waals surface area contributed by atoms with Gasteiger partial charge in [0.2, 0.25) is 0 Å². The molecule has 180 valence electrons. The number of halogens is 5. The molecule has 3 aromatic heterocycles. The van der Waals surface area contributed by atoms with Crippen molar-refractivity contribution in [1.29, 1.82) is 0 Å². The summed E-state index contributed by atoms with van der Waals surface area (Å²) in [6.45, 7) is 0.387. The Balaban J connectivity index is 0.00000324. The van der Waals surface area contributed by atoms with Gasteiger partial charge in [0.25, 0.3) is 10.0 Å². The summed E-state index contributed by atoms with van der Waals surface area (Å²) in [6, 6.07) is 10.0. The molecule has 1 aromatic carbocycles. The number of alkyl halides is 3. The average Bonchev–Trinajstić information content (AvgIpc) is 3.14. The first-order chi connectivity index (χ1) is 15.6. The molecular weight excluding hydrogens is 514 g/mol. The summed E-state index contributed by atoms with van der Waals surface area (Å²) in [5, 5.41) is 6.00. The van der Waals surface area contributed by atoms with E-state index in [4.69, 9.17) is 11.6 Å². The monoisotopic (exact) mass is 531 g/mol. The molecule has 0 saturated heterocycles. The molecular formula is C21H18Cl2F3N5O2S. The number of pyridine rings is 2. The van der Waals surface area contributed by atoms with Crippen LogP contribution in [0, 0.1) is 0 Å². The van der Waals surface area contributed by atoms with Crippen molar-refractivity contribution in [3.8, 4) is 0 Å². The van der Waals surface area contributed by atoms with Crippen molar-refractivity contribution in [2.24, 2.45) is 0 Å². The van der Waals surface area contributed by atoms with Crippen LogP contribution in [0.1, 0.15) is 11.3 Å². The van der Waals surface area contributed by atoms with E-state index in [1.165, 1.54) is 48.9 Å². The van der Waals surface area contributed by atoms with Gasteiger partial charge in [0.05, 0.1) is 11.2 Å². The lowest BCUT2D eigenvalue weighted by molar-refractivity contribution is -0.140. The minimum absolute atomic E-state index is 0. The Labute approximate surface area is 204 Å². The van der Waals surface area contributed by atoms with Gasteiger partial charge in [0, 0.05) is 36.2 Å². The number of nitrogens with one attached hydrogen (secondary N) is 2. The van der Waals surface area contributed by atoms with Crippen LogP contribution in [0.3, 0.4) is 0 Å². The maximum absolute atomic E-state index is 13.4. The Bertz CT molecular complexity index is 1430. The molecule has 4 aromatic rings. The second kappa shape index (κ2) is 9.79. The van der Waals surface area contributed by atoms with E-state index in [1.54, 1.807) is 19.2 Å². The maximum Gasteiger partial charge on any atom is 0.435 e. The third kappa shape index (κ3) is 4.97. The number of hydrogen-bond acceptors (Lipinski definition) is 6. The summed E-state index contributed by atoms with van der Waals surface area (Å²) in [5.74, 6) is 0.